The van der Waals surface area contributed by atoms with E-state index < -0.39 is 0 Å². The molecule has 1 unspecified atom stereocenters. The monoisotopic (exact) mass is 287 g/mol. The van der Waals surface area contributed by atoms with E-state index in [9.17, 15) is 0 Å². The van der Waals surface area contributed by atoms with Crippen LogP contribution in [0.1, 0.15) is 36.1 Å². The van der Waals surface area contributed by atoms with Crippen molar-refractivity contribution in [3.05, 3.63) is 20.3 Å². The van der Waals surface area contributed by atoms with Gasteiger partial charge in [-0.1, -0.05) is 6.92 Å². The van der Waals surface area contributed by atoms with E-state index >= 15 is 0 Å². The van der Waals surface area contributed by atoms with Crippen LogP contribution in [0.2, 0.25) is 0 Å². The minimum absolute atomic E-state index is 0.708. The first-order valence-electron chi connectivity index (χ1n) is 5.64. The van der Waals surface area contributed by atoms with E-state index in [2.05, 4.69) is 40.5 Å². The molecule has 1 aliphatic heterocycles. The Morgan fingerprint density at radius 2 is 2.13 bits per heavy atom. The summed E-state index contributed by atoms with van der Waals surface area (Å²) in [6.45, 7) is 6.94. The summed E-state index contributed by atoms with van der Waals surface area (Å²) in [5.41, 5.74) is 1.38. The van der Waals surface area contributed by atoms with Crippen molar-refractivity contribution in [1.82, 2.24) is 5.32 Å². The maximum absolute atomic E-state index is 3.71. The van der Waals surface area contributed by atoms with Crippen molar-refractivity contribution in [2.45, 2.75) is 32.6 Å². The van der Waals surface area contributed by atoms with Crippen LogP contribution in [0.4, 0.5) is 0 Å². The largest absolute Gasteiger partial charge is 0.317 e. The van der Waals surface area contributed by atoms with Crippen LogP contribution in [0, 0.1) is 12.8 Å². The summed E-state index contributed by atoms with van der Waals surface area (Å²) in [5.74, 6) is 1.57. The quantitative estimate of drug-likeness (QED) is 0.869. The Bertz CT molecular complexity index is 328. The van der Waals surface area contributed by atoms with Gasteiger partial charge in [0.05, 0.1) is 0 Å². The van der Waals surface area contributed by atoms with E-state index in [1.807, 2.05) is 11.3 Å². The molecule has 0 aliphatic carbocycles. The van der Waals surface area contributed by atoms with Gasteiger partial charge in [-0.25, -0.2) is 0 Å². The molecule has 3 heteroatoms. The molecule has 0 spiro atoms. The number of piperidine rings is 1. The van der Waals surface area contributed by atoms with Crippen LogP contribution < -0.4 is 5.32 Å². The summed E-state index contributed by atoms with van der Waals surface area (Å²) < 4.78 is 1.35. The fourth-order valence-corrected chi connectivity index (χ4v) is 4.32. The van der Waals surface area contributed by atoms with E-state index in [0.717, 1.165) is 5.92 Å². The summed E-state index contributed by atoms with van der Waals surface area (Å²) in [5, 5.41) is 5.69. The zero-order chi connectivity index (χ0) is 10.8. The van der Waals surface area contributed by atoms with Gasteiger partial charge in [-0.05, 0) is 71.6 Å². The zero-order valence-electron chi connectivity index (χ0n) is 9.35. The minimum Gasteiger partial charge on any atom is -0.317 e. The third kappa shape index (κ3) is 2.45. The Morgan fingerprint density at radius 3 is 2.67 bits per heavy atom. The minimum atomic E-state index is 0.708. The molecule has 1 saturated heterocycles. The second-order valence-corrected chi connectivity index (χ2v) is 6.18. The predicted molar refractivity (Wildman–Crippen MR) is 70.8 cm³/mol. The number of aryl methyl sites for hydroxylation is 1. The molecule has 2 rings (SSSR count). The van der Waals surface area contributed by atoms with Crippen LogP contribution in [0.5, 0.6) is 0 Å². The smallest absolute Gasteiger partial charge is 0.0346 e. The molecular formula is C12H18BrNS. The molecule has 1 aromatic rings. The second-order valence-electron chi connectivity index (χ2n) is 4.47. The molecule has 1 N–H and O–H groups in total. The van der Waals surface area contributed by atoms with E-state index in [-0.39, 0.29) is 0 Å². The second kappa shape index (κ2) is 4.98. The third-order valence-electron chi connectivity index (χ3n) is 3.43. The Kier molecular flexibility index (Phi) is 3.86. The van der Waals surface area contributed by atoms with E-state index in [0.29, 0.717) is 5.92 Å². The Hall–Kier alpha value is 0.140. The van der Waals surface area contributed by atoms with Crippen LogP contribution in [0.3, 0.4) is 0 Å². The fourth-order valence-electron chi connectivity index (χ4n) is 2.32. The van der Waals surface area contributed by atoms with Gasteiger partial charge in [-0.2, -0.15) is 0 Å². The first kappa shape index (κ1) is 11.6. The van der Waals surface area contributed by atoms with Crippen molar-refractivity contribution in [3.8, 4) is 0 Å². The van der Waals surface area contributed by atoms with Gasteiger partial charge in [0.2, 0.25) is 0 Å². The molecule has 0 saturated carbocycles. The van der Waals surface area contributed by atoms with E-state index in [4.69, 9.17) is 0 Å². The SMILES string of the molecule is Cc1csc(C(C)C2CCNCC2)c1Br. The van der Waals surface area contributed by atoms with Gasteiger partial charge in [-0.3, -0.25) is 0 Å². The molecule has 0 amide bonds. The topological polar surface area (TPSA) is 12.0 Å². The summed E-state index contributed by atoms with van der Waals surface area (Å²) >= 11 is 5.62. The van der Waals surface area contributed by atoms with E-state index in [1.165, 1.54) is 36.0 Å². The number of hydrogen-bond acceptors (Lipinski definition) is 2. The molecular weight excluding hydrogens is 270 g/mol. The standard InChI is InChI=1S/C12H18BrNS/c1-8-7-15-12(11(8)13)9(2)10-3-5-14-6-4-10/h7,9-10,14H,3-6H2,1-2H3. The van der Waals surface area contributed by atoms with Gasteiger partial charge in [-0.15, -0.1) is 11.3 Å². The highest BCUT2D eigenvalue weighted by Crippen LogP contribution is 2.39. The molecule has 1 aromatic heterocycles. The predicted octanol–water partition coefficient (Wildman–Crippen LogP) is 3.92. The van der Waals surface area contributed by atoms with Crippen LogP contribution in [-0.4, -0.2) is 13.1 Å². The Morgan fingerprint density at radius 1 is 1.47 bits per heavy atom. The molecule has 0 radical (unpaired) electrons. The van der Waals surface area contributed by atoms with Crippen LogP contribution in [0.25, 0.3) is 0 Å². The van der Waals surface area contributed by atoms with Gasteiger partial charge in [0.1, 0.15) is 0 Å². The molecule has 1 fully saturated rings. The summed E-state index contributed by atoms with van der Waals surface area (Å²) in [7, 11) is 0. The normalized spacial score (nSPS) is 20.5. The molecule has 1 atom stereocenters. The van der Waals surface area contributed by atoms with Crippen LogP contribution in [-0.2, 0) is 0 Å². The molecule has 1 aliphatic rings. The molecule has 15 heavy (non-hydrogen) atoms. The van der Waals surface area contributed by atoms with Gasteiger partial charge in [0.25, 0.3) is 0 Å². The molecule has 0 bridgehead atoms. The lowest BCUT2D eigenvalue weighted by Crippen LogP contribution is -2.30. The van der Waals surface area contributed by atoms with Gasteiger partial charge in [0.15, 0.2) is 0 Å². The Labute approximate surface area is 104 Å². The lowest BCUT2D eigenvalue weighted by Gasteiger charge is -2.28. The molecule has 0 aromatic carbocycles. The number of hydrogen-bond donors (Lipinski definition) is 1. The first-order chi connectivity index (χ1) is 7.20. The lowest BCUT2D eigenvalue weighted by molar-refractivity contribution is 0.332. The van der Waals surface area contributed by atoms with Crippen molar-refractivity contribution < 1.29 is 0 Å². The number of nitrogens with one attached hydrogen (secondary N) is 1. The fraction of sp³-hybridized carbons (Fsp3) is 0.667. The first-order valence-corrected chi connectivity index (χ1v) is 7.31. The molecule has 2 heterocycles. The summed E-state index contributed by atoms with van der Waals surface area (Å²) in [4.78, 5) is 1.54. The van der Waals surface area contributed by atoms with Crippen molar-refractivity contribution in [1.29, 1.82) is 0 Å². The average molecular weight is 288 g/mol. The van der Waals surface area contributed by atoms with Gasteiger partial charge >= 0.3 is 0 Å². The lowest BCUT2D eigenvalue weighted by atomic mass is 9.85. The van der Waals surface area contributed by atoms with Crippen molar-refractivity contribution >= 4 is 27.3 Å². The highest BCUT2D eigenvalue weighted by Gasteiger charge is 2.24. The average Bonchev–Trinajstić information content (AvgIpc) is 2.60. The summed E-state index contributed by atoms with van der Waals surface area (Å²) in [6.07, 6.45) is 2.65. The zero-order valence-corrected chi connectivity index (χ0v) is 11.7. The molecule has 1 nitrogen and oxygen atoms in total. The van der Waals surface area contributed by atoms with Crippen LogP contribution >= 0.6 is 27.3 Å². The third-order valence-corrected chi connectivity index (χ3v) is 6.05. The number of rotatable bonds is 2. The van der Waals surface area contributed by atoms with Crippen molar-refractivity contribution in [2.24, 2.45) is 5.92 Å². The van der Waals surface area contributed by atoms with E-state index in [1.54, 1.807) is 4.88 Å². The van der Waals surface area contributed by atoms with Gasteiger partial charge in [0, 0.05) is 9.35 Å². The number of thiophene rings is 1. The van der Waals surface area contributed by atoms with Crippen LogP contribution in [0.15, 0.2) is 9.85 Å². The highest BCUT2D eigenvalue weighted by molar-refractivity contribution is 9.10. The highest BCUT2D eigenvalue weighted by atomic mass is 79.9. The Balaban J connectivity index is 2.12. The van der Waals surface area contributed by atoms with Crippen molar-refractivity contribution in [2.75, 3.05) is 13.1 Å². The van der Waals surface area contributed by atoms with Gasteiger partial charge < -0.3 is 5.32 Å². The maximum Gasteiger partial charge on any atom is 0.0346 e. The maximum atomic E-state index is 3.71. The molecule has 84 valence electrons. The summed E-state index contributed by atoms with van der Waals surface area (Å²) in [6, 6.07) is 0. The van der Waals surface area contributed by atoms with Crippen molar-refractivity contribution in [3.63, 3.8) is 0 Å². The number of halogens is 1.